The van der Waals surface area contributed by atoms with E-state index in [1.54, 1.807) is 7.11 Å². The molecule has 1 aliphatic carbocycles. The Morgan fingerprint density at radius 1 is 1.04 bits per heavy atom. The monoisotopic (exact) mass is 307 g/mol. The van der Waals surface area contributed by atoms with Gasteiger partial charge in [-0.15, -0.1) is 0 Å². The fourth-order valence-electron chi connectivity index (χ4n) is 4.55. The molecule has 3 unspecified atom stereocenters. The van der Waals surface area contributed by atoms with Crippen LogP contribution >= 0.6 is 0 Å². The van der Waals surface area contributed by atoms with Gasteiger partial charge in [0.15, 0.2) is 0 Å². The first-order valence-electron chi connectivity index (χ1n) is 8.67. The molecule has 120 valence electrons. The first-order valence-corrected chi connectivity index (χ1v) is 8.67. The van der Waals surface area contributed by atoms with Crippen molar-refractivity contribution in [2.24, 2.45) is 5.92 Å². The van der Waals surface area contributed by atoms with Crippen LogP contribution in [0, 0.1) is 5.92 Å². The van der Waals surface area contributed by atoms with Gasteiger partial charge in [0.1, 0.15) is 5.75 Å². The van der Waals surface area contributed by atoms with Crippen LogP contribution in [0.4, 0.5) is 0 Å². The number of methoxy groups -OCH3 is 1. The maximum atomic E-state index is 5.51. The van der Waals surface area contributed by atoms with Gasteiger partial charge in [0.25, 0.3) is 0 Å². The molecule has 2 heteroatoms. The van der Waals surface area contributed by atoms with Crippen LogP contribution in [-0.4, -0.2) is 32.1 Å². The number of nitrogens with zero attached hydrogens (tertiary/aromatic N) is 1. The number of benzene rings is 2. The highest BCUT2D eigenvalue weighted by Gasteiger charge is 2.38. The normalized spacial score (nSPS) is 27.1. The summed E-state index contributed by atoms with van der Waals surface area (Å²) in [6.45, 7) is 2.40. The number of likely N-dealkylation sites (tertiary alicyclic amines) is 1. The van der Waals surface area contributed by atoms with Crippen molar-refractivity contribution in [3.05, 3.63) is 65.2 Å². The van der Waals surface area contributed by atoms with E-state index in [1.807, 2.05) is 0 Å². The maximum absolute atomic E-state index is 5.51. The SMILES string of the molecule is COc1ccc2c(c1)C1CN(C)CCC1CC2c1ccccc1. The molecule has 1 fully saturated rings. The van der Waals surface area contributed by atoms with Crippen molar-refractivity contribution in [3.8, 4) is 5.75 Å². The van der Waals surface area contributed by atoms with Gasteiger partial charge < -0.3 is 9.64 Å². The molecule has 2 aliphatic rings. The zero-order valence-corrected chi connectivity index (χ0v) is 14.0. The Kier molecular flexibility index (Phi) is 3.86. The Hall–Kier alpha value is -1.80. The summed E-state index contributed by atoms with van der Waals surface area (Å²) >= 11 is 0. The number of hydrogen-bond acceptors (Lipinski definition) is 2. The van der Waals surface area contributed by atoms with E-state index in [2.05, 4.69) is 60.5 Å². The summed E-state index contributed by atoms with van der Waals surface area (Å²) in [7, 11) is 4.02. The minimum Gasteiger partial charge on any atom is -0.497 e. The molecule has 0 saturated carbocycles. The van der Waals surface area contributed by atoms with E-state index < -0.39 is 0 Å². The lowest BCUT2D eigenvalue weighted by Crippen LogP contribution is -2.40. The fraction of sp³-hybridized carbons (Fsp3) is 0.429. The zero-order valence-electron chi connectivity index (χ0n) is 14.0. The summed E-state index contributed by atoms with van der Waals surface area (Å²) in [5, 5.41) is 0. The summed E-state index contributed by atoms with van der Waals surface area (Å²) in [6, 6.07) is 17.7. The molecule has 0 spiro atoms. The number of hydrogen-bond donors (Lipinski definition) is 0. The predicted octanol–water partition coefficient (Wildman–Crippen LogP) is 4.27. The molecule has 3 atom stereocenters. The second-order valence-electron chi connectivity index (χ2n) is 7.11. The summed E-state index contributed by atoms with van der Waals surface area (Å²) in [5.41, 5.74) is 4.48. The lowest BCUT2D eigenvalue weighted by molar-refractivity contribution is 0.168. The maximum Gasteiger partial charge on any atom is 0.119 e. The van der Waals surface area contributed by atoms with Crippen LogP contribution in [0.15, 0.2) is 48.5 Å². The highest BCUT2D eigenvalue weighted by molar-refractivity contribution is 5.46. The Bertz CT molecular complexity index is 681. The smallest absolute Gasteiger partial charge is 0.119 e. The molecule has 4 rings (SSSR count). The largest absolute Gasteiger partial charge is 0.497 e. The molecular formula is C21H25NO. The van der Waals surface area contributed by atoms with Crippen LogP contribution in [0.2, 0.25) is 0 Å². The summed E-state index contributed by atoms with van der Waals surface area (Å²) < 4.78 is 5.51. The van der Waals surface area contributed by atoms with Crippen molar-refractivity contribution in [1.82, 2.24) is 4.90 Å². The number of piperidine rings is 1. The molecule has 23 heavy (non-hydrogen) atoms. The molecule has 2 aromatic carbocycles. The van der Waals surface area contributed by atoms with E-state index in [4.69, 9.17) is 4.74 Å². The van der Waals surface area contributed by atoms with E-state index in [9.17, 15) is 0 Å². The second-order valence-corrected chi connectivity index (χ2v) is 7.11. The third kappa shape index (κ3) is 2.66. The minimum atomic E-state index is 0.529. The first kappa shape index (κ1) is 14.8. The average Bonchev–Trinajstić information content (AvgIpc) is 2.61. The molecule has 2 aromatic rings. The minimum absolute atomic E-state index is 0.529. The fourth-order valence-corrected chi connectivity index (χ4v) is 4.55. The van der Waals surface area contributed by atoms with Crippen molar-refractivity contribution in [2.75, 3.05) is 27.2 Å². The summed E-state index contributed by atoms with van der Waals surface area (Å²) in [4.78, 5) is 2.48. The molecule has 2 nitrogen and oxygen atoms in total. The van der Waals surface area contributed by atoms with Gasteiger partial charge in [-0.2, -0.15) is 0 Å². The van der Waals surface area contributed by atoms with Gasteiger partial charge in [-0.25, -0.2) is 0 Å². The van der Waals surface area contributed by atoms with Crippen LogP contribution in [0.1, 0.15) is 41.4 Å². The van der Waals surface area contributed by atoms with Gasteiger partial charge in [-0.05, 0) is 67.1 Å². The topological polar surface area (TPSA) is 12.5 Å². The Balaban J connectivity index is 1.81. The molecule has 0 aromatic heterocycles. The van der Waals surface area contributed by atoms with Gasteiger partial charge in [0, 0.05) is 12.5 Å². The zero-order chi connectivity index (χ0) is 15.8. The van der Waals surface area contributed by atoms with Crippen molar-refractivity contribution < 1.29 is 4.74 Å². The Morgan fingerprint density at radius 2 is 1.87 bits per heavy atom. The van der Waals surface area contributed by atoms with E-state index in [0.29, 0.717) is 11.8 Å². The quantitative estimate of drug-likeness (QED) is 0.821. The summed E-state index contributed by atoms with van der Waals surface area (Å²) in [5.74, 6) is 2.96. The highest BCUT2D eigenvalue weighted by atomic mass is 16.5. The van der Waals surface area contributed by atoms with Crippen molar-refractivity contribution in [3.63, 3.8) is 0 Å². The van der Waals surface area contributed by atoms with Crippen molar-refractivity contribution in [1.29, 1.82) is 0 Å². The van der Waals surface area contributed by atoms with Crippen LogP contribution in [0.5, 0.6) is 5.75 Å². The van der Waals surface area contributed by atoms with Crippen LogP contribution < -0.4 is 4.74 Å². The number of ether oxygens (including phenoxy) is 1. The Labute approximate surface area is 139 Å². The van der Waals surface area contributed by atoms with E-state index >= 15 is 0 Å². The number of likely N-dealkylation sites (N-methyl/N-ethyl adjacent to an activating group) is 1. The van der Waals surface area contributed by atoms with Gasteiger partial charge in [0.05, 0.1) is 7.11 Å². The number of fused-ring (bicyclic) bond motifs is 3. The van der Waals surface area contributed by atoms with Crippen molar-refractivity contribution in [2.45, 2.75) is 24.7 Å². The number of rotatable bonds is 2. The molecule has 1 aliphatic heterocycles. The molecule has 1 heterocycles. The molecule has 1 saturated heterocycles. The second kappa shape index (κ2) is 6.01. The lowest BCUT2D eigenvalue weighted by atomic mass is 9.66. The first-order chi connectivity index (χ1) is 11.3. The van der Waals surface area contributed by atoms with Crippen LogP contribution in [-0.2, 0) is 0 Å². The van der Waals surface area contributed by atoms with Gasteiger partial charge in [0.2, 0.25) is 0 Å². The summed E-state index contributed by atoms with van der Waals surface area (Å²) in [6.07, 6.45) is 2.59. The lowest BCUT2D eigenvalue weighted by Gasteiger charge is -2.44. The highest BCUT2D eigenvalue weighted by Crippen LogP contribution is 2.49. The molecular weight excluding hydrogens is 282 g/mol. The molecule has 0 N–H and O–H groups in total. The van der Waals surface area contributed by atoms with Gasteiger partial charge in [-0.3, -0.25) is 0 Å². The van der Waals surface area contributed by atoms with Gasteiger partial charge >= 0.3 is 0 Å². The standard InChI is InChI=1S/C21H25NO/c1-22-11-10-16-12-19(15-6-4-3-5-7-15)18-9-8-17(23-2)13-20(18)21(16)14-22/h3-9,13,16,19,21H,10-12,14H2,1-2H3. The van der Waals surface area contributed by atoms with Crippen molar-refractivity contribution >= 4 is 0 Å². The molecule has 0 amide bonds. The van der Waals surface area contributed by atoms with E-state index in [1.165, 1.54) is 42.6 Å². The van der Waals surface area contributed by atoms with E-state index in [-0.39, 0.29) is 0 Å². The van der Waals surface area contributed by atoms with Crippen LogP contribution in [0.3, 0.4) is 0 Å². The van der Waals surface area contributed by atoms with Crippen LogP contribution in [0.25, 0.3) is 0 Å². The molecule has 0 bridgehead atoms. The molecule has 0 radical (unpaired) electrons. The van der Waals surface area contributed by atoms with Gasteiger partial charge in [-0.1, -0.05) is 36.4 Å². The third-order valence-electron chi connectivity index (χ3n) is 5.77. The van der Waals surface area contributed by atoms with E-state index in [0.717, 1.165) is 11.7 Å². The third-order valence-corrected chi connectivity index (χ3v) is 5.77. The Morgan fingerprint density at radius 3 is 2.65 bits per heavy atom. The predicted molar refractivity (Wildman–Crippen MR) is 94.2 cm³/mol. The average molecular weight is 307 g/mol.